The van der Waals surface area contributed by atoms with Crippen LogP contribution >= 0.6 is 10.7 Å². The summed E-state index contributed by atoms with van der Waals surface area (Å²) in [6, 6.07) is 0.113. The number of halogens is 1. The molecule has 0 aromatic rings. The summed E-state index contributed by atoms with van der Waals surface area (Å²) in [5, 5.41) is 2.34. The van der Waals surface area contributed by atoms with E-state index in [1.807, 2.05) is 0 Å². The first-order chi connectivity index (χ1) is 6.39. The average molecular weight is 240 g/mol. The summed E-state index contributed by atoms with van der Waals surface area (Å²) in [5.74, 6) is -0.0674. The van der Waals surface area contributed by atoms with Crippen LogP contribution in [0.4, 0.5) is 0 Å². The van der Waals surface area contributed by atoms with Crippen LogP contribution in [0.3, 0.4) is 0 Å². The van der Waals surface area contributed by atoms with Crippen LogP contribution in [-0.4, -0.2) is 25.6 Å². The van der Waals surface area contributed by atoms with Crippen LogP contribution in [0.5, 0.6) is 0 Å². The van der Waals surface area contributed by atoms with Gasteiger partial charge in [0, 0.05) is 23.6 Å². The van der Waals surface area contributed by atoms with E-state index in [1.165, 1.54) is 6.92 Å². The van der Waals surface area contributed by atoms with Crippen molar-refractivity contribution in [2.24, 2.45) is 0 Å². The molecule has 0 radical (unpaired) electrons. The van der Waals surface area contributed by atoms with E-state index in [2.05, 4.69) is 5.32 Å². The van der Waals surface area contributed by atoms with Gasteiger partial charge in [-0.1, -0.05) is 0 Å². The van der Waals surface area contributed by atoms with Gasteiger partial charge in [-0.25, -0.2) is 8.42 Å². The summed E-state index contributed by atoms with van der Waals surface area (Å²) >= 11 is 0. The monoisotopic (exact) mass is 239 g/mol. The molecular formula is C8H14ClNO3S. The molecule has 14 heavy (non-hydrogen) atoms. The van der Waals surface area contributed by atoms with Crippen LogP contribution in [0.1, 0.15) is 32.6 Å². The quantitative estimate of drug-likeness (QED) is 0.732. The number of hydrogen-bond donors (Lipinski definition) is 1. The molecule has 1 rings (SSSR count). The Balaban J connectivity index is 2.43. The van der Waals surface area contributed by atoms with Crippen LogP contribution in [0.2, 0.25) is 0 Å². The predicted molar refractivity (Wildman–Crippen MR) is 54.6 cm³/mol. The molecule has 1 saturated carbocycles. The molecule has 0 aromatic carbocycles. The number of rotatable bonds is 2. The van der Waals surface area contributed by atoms with Gasteiger partial charge in [-0.2, -0.15) is 0 Å². The van der Waals surface area contributed by atoms with Crippen molar-refractivity contribution in [2.75, 3.05) is 0 Å². The van der Waals surface area contributed by atoms with E-state index in [-0.39, 0.29) is 11.9 Å². The molecular weight excluding hydrogens is 226 g/mol. The van der Waals surface area contributed by atoms with Crippen LogP contribution in [0.25, 0.3) is 0 Å². The van der Waals surface area contributed by atoms with Crippen molar-refractivity contribution in [1.29, 1.82) is 0 Å². The maximum atomic E-state index is 11.0. The molecule has 0 aliphatic heterocycles. The molecule has 0 atom stereocenters. The Morgan fingerprint density at radius 2 is 1.79 bits per heavy atom. The van der Waals surface area contributed by atoms with Gasteiger partial charge in [0.25, 0.3) is 0 Å². The number of hydrogen-bond acceptors (Lipinski definition) is 3. The zero-order valence-corrected chi connectivity index (χ0v) is 9.57. The van der Waals surface area contributed by atoms with Crippen molar-refractivity contribution in [1.82, 2.24) is 5.32 Å². The van der Waals surface area contributed by atoms with E-state index < -0.39 is 14.3 Å². The van der Waals surface area contributed by atoms with Gasteiger partial charge in [0.2, 0.25) is 15.0 Å². The van der Waals surface area contributed by atoms with E-state index in [0.29, 0.717) is 25.7 Å². The Bertz CT molecular complexity index is 307. The minimum Gasteiger partial charge on any atom is -0.354 e. The topological polar surface area (TPSA) is 63.2 Å². The first-order valence-electron chi connectivity index (χ1n) is 4.60. The lowest BCUT2D eigenvalue weighted by atomic mass is 9.95. The van der Waals surface area contributed by atoms with Gasteiger partial charge in [-0.15, -0.1) is 0 Å². The number of carbonyl (C=O) groups excluding carboxylic acids is 1. The summed E-state index contributed by atoms with van der Waals surface area (Å²) in [6.45, 7) is 1.46. The first kappa shape index (κ1) is 11.8. The van der Waals surface area contributed by atoms with Gasteiger partial charge < -0.3 is 5.32 Å². The third kappa shape index (κ3) is 3.46. The summed E-state index contributed by atoms with van der Waals surface area (Å²) in [4.78, 5) is 10.7. The van der Waals surface area contributed by atoms with Gasteiger partial charge in [-0.05, 0) is 25.7 Å². The third-order valence-corrected chi connectivity index (χ3v) is 4.50. The summed E-state index contributed by atoms with van der Waals surface area (Å²) < 4.78 is 22.0. The fourth-order valence-electron chi connectivity index (χ4n) is 1.78. The molecule has 0 spiro atoms. The lowest BCUT2D eigenvalue weighted by molar-refractivity contribution is -0.119. The normalized spacial score (nSPS) is 28.4. The first-order valence-corrected chi connectivity index (χ1v) is 6.97. The largest absolute Gasteiger partial charge is 0.354 e. The molecule has 1 aliphatic rings. The van der Waals surface area contributed by atoms with Crippen LogP contribution in [-0.2, 0) is 13.8 Å². The predicted octanol–water partition coefficient (Wildman–Crippen LogP) is 1.00. The second kappa shape index (κ2) is 4.49. The molecule has 0 saturated heterocycles. The lowest BCUT2D eigenvalue weighted by Crippen LogP contribution is -2.38. The number of nitrogens with one attached hydrogen (secondary N) is 1. The fourth-order valence-corrected chi connectivity index (χ4v) is 3.15. The Labute approximate surface area is 88.4 Å². The molecule has 1 N–H and O–H groups in total. The average Bonchev–Trinajstić information content (AvgIpc) is 2.02. The van der Waals surface area contributed by atoms with Crippen molar-refractivity contribution >= 4 is 25.6 Å². The van der Waals surface area contributed by atoms with Gasteiger partial charge >= 0.3 is 0 Å². The van der Waals surface area contributed by atoms with Gasteiger partial charge in [0.1, 0.15) is 0 Å². The molecule has 0 bridgehead atoms. The molecule has 1 aliphatic carbocycles. The van der Waals surface area contributed by atoms with E-state index in [4.69, 9.17) is 10.7 Å². The molecule has 1 fully saturated rings. The third-order valence-electron chi connectivity index (χ3n) is 2.48. The Morgan fingerprint density at radius 1 is 1.29 bits per heavy atom. The van der Waals surface area contributed by atoms with Gasteiger partial charge in [0.05, 0.1) is 5.25 Å². The SMILES string of the molecule is CC(=O)NC1CCC(S(=O)(=O)Cl)CC1. The second-order valence-electron chi connectivity index (χ2n) is 3.65. The van der Waals surface area contributed by atoms with Gasteiger partial charge in [0.15, 0.2) is 0 Å². The van der Waals surface area contributed by atoms with Crippen LogP contribution in [0, 0.1) is 0 Å². The Morgan fingerprint density at radius 3 is 2.14 bits per heavy atom. The number of carbonyl (C=O) groups is 1. The van der Waals surface area contributed by atoms with Crippen molar-refractivity contribution < 1.29 is 13.2 Å². The van der Waals surface area contributed by atoms with E-state index in [9.17, 15) is 13.2 Å². The Hall–Kier alpha value is -0.290. The second-order valence-corrected chi connectivity index (χ2v) is 6.56. The summed E-state index contributed by atoms with van der Waals surface area (Å²) in [7, 11) is 1.83. The maximum Gasteiger partial charge on any atom is 0.235 e. The molecule has 82 valence electrons. The van der Waals surface area contributed by atoms with Crippen molar-refractivity contribution in [3.05, 3.63) is 0 Å². The zero-order chi connectivity index (χ0) is 10.8. The fraction of sp³-hybridized carbons (Fsp3) is 0.875. The highest BCUT2D eigenvalue weighted by atomic mass is 35.7. The van der Waals surface area contributed by atoms with Crippen molar-refractivity contribution in [3.63, 3.8) is 0 Å². The number of amides is 1. The standard InChI is InChI=1S/C8H14ClNO3S/c1-6(11)10-7-2-4-8(5-3-7)14(9,12)13/h7-8H,2-5H2,1H3,(H,10,11). The molecule has 1 amide bonds. The molecule has 0 aromatic heterocycles. The highest BCUT2D eigenvalue weighted by molar-refractivity contribution is 8.14. The molecule has 0 unspecified atom stereocenters. The maximum absolute atomic E-state index is 11.0. The highest BCUT2D eigenvalue weighted by Gasteiger charge is 2.29. The molecule has 0 heterocycles. The van der Waals surface area contributed by atoms with Gasteiger partial charge in [-0.3, -0.25) is 4.79 Å². The zero-order valence-electron chi connectivity index (χ0n) is 7.99. The highest BCUT2D eigenvalue weighted by Crippen LogP contribution is 2.26. The van der Waals surface area contributed by atoms with Crippen LogP contribution in [0.15, 0.2) is 0 Å². The van der Waals surface area contributed by atoms with Crippen molar-refractivity contribution in [3.8, 4) is 0 Å². The van der Waals surface area contributed by atoms with Crippen LogP contribution < -0.4 is 5.32 Å². The lowest BCUT2D eigenvalue weighted by Gasteiger charge is -2.26. The summed E-state index contributed by atoms with van der Waals surface area (Å²) in [5.41, 5.74) is 0. The summed E-state index contributed by atoms with van der Waals surface area (Å²) in [6.07, 6.45) is 2.46. The van der Waals surface area contributed by atoms with E-state index in [1.54, 1.807) is 0 Å². The van der Waals surface area contributed by atoms with E-state index in [0.717, 1.165) is 0 Å². The smallest absolute Gasteiger partial charge is 0.235 e. The Kier molecular flexibility index (Phi) is 3.78. The molecule has 6 heteroatoms. The van der Waals surface area contributed by atoms with E-state index >= 15 is 0 Å². The van der Waals surface area contributed by atoms with Crippen molar-refractivity contribution in [2.45, 2.75) is 43.9 Å². The molecule has 4 nitrogen and oxygen atoms in total. The minimum absolute atomic E-state index is 0.0674. The minimum atomic E-state index is -3.42.